The van der Waals surface area contributed by atoms with Gasteiger partial charge in [0.05, 0.1) is 17.8 Å². The van der Waals surface area contributed by atoms with Crippen LogP contribution in [-0.4, -0.2) is 38.1 Å². The van der Waals surface area contributed by atoms with E-state index in [9.17, 15) is 40.2 Å². The molecule has 2 aromatic rings. The molecule has 4 N–H and O–H groups in total. The van der Waals surface area contributed by atoms with Crippen LogP contribution in [0.15, 0.2) is 18.2 Å². The first-order valence-corrected chi connectivity index (χ1v) is 8.69. The van der Waals surface area contributed by atoms with Gasteiger partial charge in [-0.2, -0.15) is 0 Å². The van der Waals surface area contributed by atoms with Gasteiger partial charge in [-0.05, 0) is 37.8 Å². The van der Waals surface area contributed by atoms with E-state index in [-0.39, 0.29) is 12.0 Å². The SMILES string of the molecule is C[C@H](O)CCC[C@H](O)c1c([O-])cc2c(c1[O-])C(=O)c1c(O)cc(O)cc1C2=O. The third kappa shape index (κ3) is 3.17. The maximum atomic E-state index is 12.8. The maximum Gasteiger partial charge on any atom is 0.197 e. The van der Waals surface area contributed by atoms with Crippen molar-refractivity contribution in [3.05, 3.63) is 46.0 Å². The smallest absolute Gasteiger partial charge is 0.197 e. The third-order valence-corrected chi connectivity index (χ3v) is 4.76. The third-order valence-electron chi connectivity index (χ3n) is 4.76. The Morgan fingerprint density at radius 1 is 0.929 bits per heavy atom. The van der Waals surface area contributed by atoms with E-state index < -0.39 is 69.0 Å². The maximum absolute atomic E-state index is 12.8. The molecule has 0 saturated heterocycles. The van der Waals surface area contributed by atoms with E-state index in [4.69, 9.17) is 0 Å². The fourth-order valence-corrected chi connectivity index (χ4v) is 3.42. The van der Waals surface area contributed by atoms with Crippen molar-refractivity contribution in [1.29, 1.82) is 0 Å². The number of hydrogen-bond acceptors (Lipinski definition) is 8. The fraction of sp³-hybridized carbons (Fsp3) is 0.300. The molecule has 0 amide bonds. The van der Waals surface area contributed by atoms with Gasteiger partial charge in [-0.3, -0.25) is 9.59 Å². The molecule has 0 bridgehead atoms. The summed E-state index contributed by atoms with van der Waals surface area (Å²) in [5, 5.41) is 64.3. The average molecular weight is 386 g/mol. The molecule has 28 heavy (non-hydrogen) atoms. The predicted molar refractivity (Wildman–Crippen MR) is 92.5 cm³/mol. The summed E-state index contributed by atoms with van der Waals surface area (Å²) in [5.41, 5.74) is -2.26. The molecular formula is C20H18O8-2. The fourth-order valence-electron chi connectivity index (χ4n) is 3.42. The lowest BCUT2D eigenvalue weighted by atomic mass is 9.81. The van der Waals surface area contributed by atoms with Crippen LogP contribution >= 0.6 is 0 Å². The molecule has 0 unspecified atom stereocenters. The lowest BCUT2D eigenvalue weighted by Crippen LogP contribution is -2.25. The zero-order valence-corrected chi connectivity index (χ0v) is 14.9. The van der Waals surface area contributed by atoms with Crippen LogP contribution in [0.4, 0.5) is 0 Å². The molecule has 148 valence electrons. The van der Waals surface area contributed by atoms with Gasteiger partial charge in [0.15, 0.2) is 11.6 Å². The zero-order valence-electron chi connectivity index (χ0n) is 14.9. The molecule has 1 aliphatic rings. The number of benzene rings is 2. The Hall–Kier alpha value is -3.10. The number of carbonyl (C=O) groups excluding carboxylic acids is 2. The van der Waals surface area contributed by atoms with Gasteiger partial charge in [0, 0.05) is 22.8 Å². The second-order valence-electron chi connectivity index (χ2n) is 6.88. The highest BCUT2D eigenvalue weighted by Gasteiger charge is 2.34. The van der Waals surface area contributed by atoms with Crippen LogP contribution in [0.2, 0.25) is 0 Å². The highest BCUT2D eigenvalue weighted by atomic mass is 16.3. The van der Waals surface area contributed by atoms with E-state index in [2.05, 4.69) is 0 Å². The van der Waals surface area contributed by atoms with Crippen molar-refractivity contribution in [3.8, 4) is 23.0 Å². The van der Waals surface area contributed by atoms with Crippen LogP contribution in [0.25, 0.3) is 0 Å². The van der Waals surface area contributed by atoms with Crippen LogP contribution in [-0.2, 0) is 0 Å². The molecule has 0 aliphatic heterocycles. The second-order valence-corrected chi connectivity index (χ2v) is 6.88. The van der Waals surface area contributed by atoms with E-state index in [0.29, 0.717) is 12.8 Å². The highest BCUT2D eigenvalue weighted by molar-refractivity contribution is 6.30. The van der Waals surface area contributed by atoms with Crippen molar-refractivity contribution in [3.63, 3.8) is 0 Å². The largest absolute Gasteiger partial charge is 0.872 e. The molecule has 2 atom stereocenters. The molecule has 0 aromatic heterocycles. The van der Waals surface area contributed by atoms with Crippen LogP contribution in [0, 0.1) is 0 Å². The Bertz CT molecular complexity index is 977. The molecule has 2 aromatic carbocycles. The van der Waals surface area contributed by atoms with E-state index in [1.807, 2.05) is 0 Å². The number of hydrogen-bond donors (Lipinski definition) is 4. The molecule has 1 aliphatic carbocycles. The van der Waals surface area contributed by atoms with E-state index in [1.165, 1.54) is 0 Å². The van der Waals surface area contributed by atoms with Gasteiger partial charge >= 0.3 is 0 Å². The minimum Gasteiger partial charge on any atom is -0.872 e. The molecule has 8 nitrogen and oxygen atoms in total. The Kier molecular flexibility index (Phi) is 5.01. The van der Waals surface area contributed by atoms with Gasteiger partial charge in [-0.1, -0.05) is 11.8 Å². The van der Waals surface area contributed by atoms with Crippen LogP contribution < -0.4 is 10.2 Å². The number of fused-ring (bicyclic) bond motifs is 2. The summed E-state index contributed by atoms with van der Waals surface area (Å²) in [6, 6.07) is 2.67. The lowest BCUT2D eigenvalue weighted by molar-refractivity contribution is -0.284. The molecule has 0 radical (unpaired) electrons. The minimum absolute atomic E-state index is 0.0199. The van der Waals surface area contributed by atoms with Crippen LogP contribution in [0.3, 0.4) is 0 Å². The predicted octanol–water partition coefficient (Wildman–Crippen LogP) is 0.605. The normalized spacial score (nSPS) is 15.1. The first kappa shape index (κ1) is 19.7. The molecule has 0 heterocycles. The van der Waals surface area contributed by atoms with E-state index >= 15 is 0 Å². The number of phenols is 2. The van der Waals surface area contributed by atoms with E-state index in [1.54, 1.807) is 6.92 Å². The Morgan fingerprint density at radius 3 is 2.21 bits per heavy atom. The minimum atomic E-state index is -1.46. The first-order valence-electron chi connectivity index (χ1n) is 8.69. The summed E-state index contributed by atoms with van der Waals surface area (Å²) < 4.78 is 0. The Morgan fingerprint density at radius 2 is 1.57 bits per heavy atom. The molecule has 0 saturated carbocycles. The Balaban J connectivity index is 2.10. The number of aromatic hydroxyl groups is 2. The molecule has 0 fully saturated rings. The summed E-state index contributed by atoms with van der Waals surface area (Å²) in [5.74, 6) is -4.84. The number of aliphatic hydroxyl groups excluding tert-OH is 2. The number of carbonyl (C=O) groups is 2. The number of ketones is 2. The van der Waals surface area contributed by atoms with Crippen molar-refractivity contribution in [1.82, 2.24) is 0 Å². The Labute approximate surface area is 159 Å². The lowest BCUT2D eigenvalue weighted by Gasteiger charge is -2.31. The van der Waals surface area contributed by atoms with Crippen molar-refractivity contribution in [2.45, 2.75) is 38.4 Å². The zero-order chi connectivity index (χ0) is 20.7. The van der Waals surface area contributed by atoms with Crippen LogP contribution in [0.1, 0.15) is 69.7 Å². The van der Waals surface area contributed by atoms with Gasteiger partial charge in [-0.15, -0.1) is 5.75 Å². The van der Waals surface area contributed by atoms with Gasteiger partial charge in [-0.25, -0.2) is 0 Å². The molecule has 0 spiro atoms. The summed E-state index contributed by atoms with van der Waals surface area (Å²) in [7, 11) is 0. The van der Waals surface area contributed by atoms with Crippen molar-refractivity contribution < 1.29 is 40.2 Å². The van der Waals surface area contributed by atoms with Crippen molar-refractivity contribution >= 4 is 11.6 Å². The summed E-state index contributed by atoms with van der Waals surface area (Å²) in [4.78, 5) is 25.4. The number of aliphatic hydroxyl groups is 2. The van der Waals surface area contributed by atoms with Gasteiger partial charge in [0.1, 0.15) is 11.5 Å². The monoisotopic (exact) mass is 386 g/mol. The highest BCUT2D eigenvalue weighted by Crippen LogP contribution is 2.43. The van der Waals surface area contributed by atoms with E-state index in [0.717, 1.165) is 18.2 Å². The summed E-state index contributed by atoms with van der Waals surface area (Å²) >= 11 is 0. The molecular weight excluding hydrogens is 368 g/mol. The quantitative estimate of drug-likeness (QED) is 0.496. The molecule has 3 rings (SSSR count). The van der Waals surface area contributed by atoms with Gasteiger partial charge < -0.3 is 30.6 Å². The summed E-state index contributed by atoms with van der Waals surface area (Å²) in [6.45, 7) is 1.56. The van der Waals surface area contributed by atoms with Crippen molar-refractivity contribution in [2.75, 3.05) is 0 Å². The number of phenolic OH excluding ortho intramolecular Hbond substituents is 2. The standard InChI is InChI=1S/C20H20O8/c1-8(21)3-2-4-12(23)17-14(25)7-11-16(20(17)28)19(27)15-10(18(11)26)5-9(22)6-13(15)24/h5-8,12,21-25,28H,2-4H2,1H3/p-2/t8-,12-/m0/s1. The number of rotatable bonds is 5. The van der Waals surface area contributed by atoms with Crippen molar-refractivity contribution in [2.24, 2.45) is 0 Å². The van der Waals surface area contributed by atoms with Gasteiger partial charge in [0.25, 0.3) is 0 Å². The topological polar surface area (TPSA) is 161 Å². The second kappa shape index (κ2) is 7.14. The van der Waals surface area contributed by atoms with Gasteiger partial charge in [0.2, 0.25) is 0 Å². The van der Waals surface area contributed by atoms with Crippen LogP contribution in [0.5, 0.6) is 23.0 Å². The summed E-state index contributed by atoms with van der Waals surface area (Å²) in [6.07, 6.45) is -1.35. The first-order chi connectivity index (χ1) is 13.1. The average Bonchev–Trinajstić information content (AvgIpc) is 2.58. The molecule has 8 heteroatoms.